The largest absolute Gasteiger partial charge is 0.477 e. The van der Waals surface area contributed by atoms with Gasteiger partial charge in [-0.1, -0.05) is 18.2 Å². The van der Waals surface area contributed by atoms with Gasteiger partial charge >= 0.3 is 0 Å². The Hall–Kier alpha value is -2.96. The molecular weight excluding hydrogens is 361 g/mol. The van der Waals surface area contributed by atoms with Gasteiger partial charge < -0.3 is 15.8 Å². The molecule has 2 amide bonds. The molecule has 0 saturated heterocycles. The third-order valence-electron chi connectivity index (χ3n) is 5.06. The van der Waals surface area contributed by atoms with Crippen molar-refractivity contribution in [1.82, 2.24) is 10.3 Å². The Morgan fingerprint density at radius 3 is 2.46 bits per heavy atom. The molecule has 2 aromatic rings. The maximum absolute atomic E-state index is 13.1. The highest BCUT2D eigenvalue weighted by atomic mass is 19.1. The third-order valence-corrected chi connectivity index (χ3v) is 5.06. The predicted molar refractivity (Wildman–Crippen MR) is 100 cm³/mol. The quantitative estimate of drug-likeness (QED) is 0.733. The van der Waals surface area contributed by atoms with Gasteiger partial charge in [0, 0.05) is 5.56 Å². The molecule has 6 nitrogen and oxygen atoms in total. The summed E-state index contributed by atoms with van der Waals surface area (Å²) in [5.74, 6) is -0.195. The van der Waals surface area contributed by atoms with Gasteiger partial charge in [-0.2, -0.15) is 0 Å². The highest BCUT2D eigenvalue weighted by Crippen LogP contribution is 2.44. The Kier molecular flexibility index (Phi) is 4.98. The van der Waals surface area contributed by atoms with Crippen LogP contribution >= 0.6 is 0 Å². The molecule has 28 heavy (non-hydrogen) atoms. The van der Waals surface area contributed by atoms with E-state index in [0.29, 0.717) is 29.9 Å². The third kappa shape index (κ3) is 4.30. The van der Waals surface area contributed by atoms with Crippen LogP contribution in [-0.4, -0.2) is 23.4 Å². The zero-order valence-electron chi connectivity index (χ0n) is 15.4. The van der Waals surface area contributed by atoms with Gasteiger partial charge in [-0.3, -0.25) is 9.59 Å². The van der Waals surface area contributed by atoms with E-state index in [9.17, 15) is 14.0 Å². The van der Waals surface area contributed by atoms with Crippen molar-refractivity contribution in [3.05, 3.63) is 59.0 Å². The molecular formula is C21H22FN3O3. The summed E-state index contributed by atoms with van der Waals surface area (Å²) < 4.78 is 19.0. The molecule has 1 aromatic carbocycles. The lowest BCUT2D eigenvalue weighted by Gasteiger charge is -2.16. The van der Waals surface area contributed by atoms with E-state index >= 15 is 0 Å². The number of amides is 2. The second kappa shape index (κ2) is 7.58. The minimum atomic E-state index is -1.08. The Balaban J connectivity index is 1.53. The fourth-order valence-electron chi connectivity index (χ4n) is 3.06. The molecule has 1 atom stereocenters. The number of halogens is 1. The van der Waals surface area contributed by atoms with Crippen LogP contribution in [0.4, 0.5) is 4.39 Å². The number of aromatic nitrogens is 1. The average Bonchev–Trinajstić information content (AvgIpc) is 3.58. The number of hydrogen-bond acceptors (Lipinski definition) is 4. The summed E-state index contributed by atoms with van der Waals surface area (Å²) >= 11 is 0. The van der Waals surface area contributed by atoms with Crippen molar-refractivity contribution in [2.24, 2.45) is 11.7 Å². The van der Waals surface area contributed by atoms with Gasteiger partial charge in [0.1, 0.15) is 17.6 Å². The number of nitrogens with one attached hydrogen (secondary N) is 1. The van der Waals surface area contributed by atoms with Crippen LogP contribution in [-0.2, 0) is 4.79 Å². The number of nitrogens with zero attached hydrogens (tertiary/aromatic N) is 1. The van der Waals surface area contributed by atoms with E-state index in [0.717, 1.165) is 31.2 Å². The standard InChI is InChI=1S/C21H22FN3O3/c22-15-7-5-14(6-8-15)18(19(23)26)25-20(27)17-10-9-16(13-3-4-13)21(24-17)28-11-12-1-2-12/h5-10,12-13,18H,1-4,11H2,(H2,23,26)(H,25,27). The predicted octanol–water partition coefficient (Wildman–Crippen LogP) is 2.84. The lowest BCUT2D eigenvalue weighted by Crippen LogP contribution is -2.37. The molecule has 0 aliphatic heterocycles. The highest BCUT2D eigenvalue weighted by Gasteiger charge is 2.30. The van der Waals surface area contributed by atoms with Crippen LogP contribution in [0.25, 0.3) is 0 Å². The summed E-state index contributed by atoms with van der Waals surface area (Å²) in [7, 11) is 0. The van der Waals surface area contributed by atoms with Crippen molar-refractivity contribution in [1.29, 1.82) is 0 Å². The lowest BCUT2D eigenvalue weighted by molar-refractivity contribution is -0.120. The van der Waals surface area contributed by atoms with Gasteiger partial charge in [-0.25, -0.2) is 9.37 Å². The van der Waals surface area contributed by atoms with Crippen molar-refractivity contribution in [3.8, 4) is 5.88 Å². The molecule has 2 fully saturated rings. The van der Waals surface area contributed by atoms with E-state index in [4.69, 9.17) is 10.5 Å². The maximum atomic E-state index is 13.1. The summed E-state index contributed by atoms with van der Waals surface area (Å²) in [6.07, 6.45) is 4.52. The lowest BCUT2D eigenvalue weighted by atomic mass is 10.1. The molecule has 1 unspecified atom stereocenters. The molecule has 1 heterocycles. The maximum Gasteiger partial charge on any atom is 0.270 e. The molecule has 2 aliphatic rings. The normalized spacial score (nSPS) is 17.0. The Morgan fingerprint density at radius 2 is 1.86 bits per heavy atom. The summed E-state index contributed by atoms with van der Waals surface area (Å²) in [5, 5.41) is 2.58. The van der Waals surface area contributed by atoms with Crippen molar-refractivity contribution in [3.63, 3.8) is 0 Å². The van der Waals surface area contributed by atoms with Crippen LogP contribution in [0.2, 0.25) is 0 Å². The Morgan fingerprint density at radius 1 is 1.14 bits per heavy atom. The topological polar surface area (TPSA) is 94.3 Å². The van der Waals surface area contributed by atoms with Crippen LogP contribution < -0.4 is 15.8 Å². The van der Waals surface area contributed by atoms with Gasteiger partial charge in [-0.05, 0) is 61.3 Å². The first-order chi connectivity index (χ1) is 13.5. The van der Waals surface area contributed by atoms with E-state index in [2.05, 4.69) is 10.3 Å². The monoisotopic (exact) mass is 383 g/mol. The second-order valence-electron chi connectivity index (χ2n) is 7.48. The minimum absolute atomic E-state index is 0.156. The van der Waals surface area contributed by atoms with Crippen LogP contribution in [0.1, 0.15) is 59.3 Å². The molecule has 4 rings (SSSR count). The minimum Gasteiger partial charge on any atom is -0.477 e. The molecule has 0 radical (unpaired) electrons. The Labute approximate surface area is 162 Å². The zero-order valence-corrected chi connectivity index (χ0v) is 15.4. The first-order valence-corrected chi connectivity index (χ1v) is 9.50. The number of ether oxygens (including phenoxy) is 1. The van der Waals surface area contributed by atoms with Crippen molar-refractivity contribution >= 4 is 11.8 Å². The molecule has 0 spiro atoms. The zero-order chi connectivity index (χ0) is 19.7. The van der Waals surface area contributed by atoms with Gasteiger partial charge in [0.25, 0.3) is 5.91 Å². The SMILES string of the molecule is NC(=O)C(NC(=O)c1ccc(C2CC2)c(OCC2CC2)n1)c1ccc(F)cc1. The summed E-state index contributed by atoms with van der Waals surface area (Å²) in [4.78, 5) is 28.9. The van der Waals surface area contributed by atoms with E-state index in [-0.39, 0.29) is 5.69 Å². The van der Waals surface area contributed by atoms with Gasteiger partial charge in [0.2, 0.25) is 11.8 Å². The first-order valence-electron chi connectivity index (χ1n) is 9.50. The summed E-state index contributed by atoms with van der Waals surface area (Å²) in [6.45, 7) is 0.608. The molecule has 3 N–H and O–H groups in total. The van der Waals surface area contributed by atoms with E-state index in [1.807, 2.05) is 6.07 Å². The number of primary amides is 1. The number of rotatable bonds is 8. The Bertz CT molecular complexity index is 892. The summed E-state index contributed by atoms with van der Waals surface area (Å²) in [5.41, 5.74) is 7.02. The molecule has 146 valence electrons. The fourth-order valence-corrected chi connectivity index (χ4v) is 3.06. The highest BCUT2D eigenvalue weighted by molar-refractivity contribution is 5.96. The van der Waals surface area contributed by atoms with E-state index in [1.165, 1.54) is 24.3 Å². The second-order valence-corrected chi connectivity index (χ2v) is 7.48. The van der Waals surface area contributed by atoms with E-state index < -0.39 is 23.7 Å². The van der Waals surface area contributed by atoms with Gasteiger partial charge in [0.05, 0.1) is 6.61 Å². The van der Waals surface area contributed by atoms with Crippen molar-refractivity contribution in [2.45, 2.75) is 37.6 Å². The van der Waals surface area contributed by atoms with Crippen LogP contribution in [0.15, 0.2) is 36.4 Å². The van der Waals surface area contributed by atoms with Crippen LogP contribution in [0, 0.1) is 11.7 Å². The number of hydrogen-bond donors (Lipinski definition) is 2. The number of benzene rings is 1. The number of pyridine rings is 1. The van der Waals surface area contributed by atoms with Gasteiger partial charge in [0.15, 0.2) is 0 Å². The van der Waals surface area contributed by atoms with Crippen LogP contribution in [0.5, 0.6) is 5.88 Å². The van der Waals surface area contributed by atoms with Crippen molar-refractivity contribution < 1.29 is 18.7 Å². The molecule has 1 aromatic heterocycles. The van der Waals surface area contributed by atoms with E-state index in [1.54, 1.807) is 6.07 Å². The first kappa shape index (κ1) is 18.4. The fraction of sp³-hybridized carbons (Fsp3) is 0.381. The molecule has 0 bridgehead atoms. The van der Waals surface area contributed by atoms with Crippen molar-refractivity contribution in [2.75, 3.05) is 6.61 Å². The number of nitrogens with two attached hydrogens (primary N) is 1. The number of carbonyl (C=O) groups excluding carboxylic acids is 2. The summed E-state index contributed by atoms with van der Waals surface area (Å²) in [6, 6.07) is 7.69. The van der Waals surface area contributed by atoms with Gasteiger partial charge in [-0.15, -0.1) is 0 Å². The number of carbonyl (C=O) groups is 2. The van der Waals surface area contributed by atoms with Crippen LogP contribution in [0.3, 0.4) is 0 Å². The molecule has 2 aliphatic carbocycles. The molecule has 2 saturated carbocycles. The smallest absolute Gasteiger partial charge is 0.270 e. The molecule has 7 heteroatoms. The average molecular weight is 383 g/mol.